The van der Waals surface area contributed by atoms with E-state index in [1.165, 1.54) is 25.1 Å². The number of ether oxygens (including phenoxy) is 1. The van der Waals surface area contributed by atoms with Gasteiger partial charge in [0.15, 0.2) is 11.4 Å². The second-order valence-corrected chi connectivity index (χ2v) is 9.91. The summed E-state index contributed by atoms with van der Waals surface area (Å²) in [4.78, 5) is 1.11. The van der Waals surface area contributed by atoms with Crippen molar-refractivity contribution < 1.29 is 44.6 Å². The summed E-state index contributed by atoms with van der Waals surface area (Å²) in [5.41, 5.74) is -3.76. The zero-order valence-corrected chi connectivity index (χ0v) is 18.9. The molecule has 1 saturated heterocycles. The maximum Gasteiger partial charge on any atom is 0.573 e. The molecular formula is C21H22F6N2O4S. The van der Waals surface area contributed by atoms with Gasteiger partial charge >= 0.3 is 12.5 Å². The van der Waals surface area contributed by atoms with Gasteiger partial charge in [-0.25, -0.2) is 8.42 Å². The average Bonchev–Trinajstić information content (AvgIpc) is 2.72. The van der Waals surface area contributed by atoms with Crippen LogP contribution in [0.5, 0.6) is 5.75 Å². The molecule has 1 unspecified atom stereocenters. The summed E-state index contributed by atoms with van der Waals surface area (Å²) < 4.78 is 109. The number of para-hydroxylation sites is 2. The minimum atomic E-state index is -5.03. The molecule has 13 heteroatoms. The third kappa shape index (κ3) is 5.26. The topological polar surface area (TPSA) is 70.1 Å². The number of hydrogen-bond donors (Lipinski definition) is 1. The van der Waals surface area contributed by atoms with Crippen molar-refractivity contribution in [3.05, 3.63) is 54.1 Å². The van der Waals surface area contributed by atoms with Crippen LogP contribution in [-0.2, 0) is 15.6 Å². The lowest BCUT2D eigenvalue weighted by molar-refractivity contribution is -0.274. The Kier molecular flexibility index (Phi) is 6.86. The minimum absolute atomic E-state index is 0.0113. The molecule has 0 bridgehead atoms. The Balaban J connectivity index is 1.85. The van der Waals surface area contributed by atoms with E-state index in [2.05, 4.69) is 4.74 Å². The number of hydrogen-bond acceptors (Lipinski definition) is 5. The molecule has 0 aromatic heterocycles. The number of anilines is 1. The van der Waals surface area contributed by atoms with Crippen LogP contribution < -0.4 is 9.64 Å². The first kappa shape index (κ1) is 26.1. The molecule has 0 saturated carbocycles. The molecule has 1 heterocycles. The lowest BCUT2D eigenvalue weighted by Gasteiger charge is -2.40. The highest BCUT2D eigenvalue weighted by atomic mass is 32.2. The summed E-state index contributed by atoms with van der Waals surface area (Å²) in [5.74, 6) is -0.430. The van der Waals surface area contributed by atoms with Crippen molar-refractivity contribution in [3.63, 3.8) is 0 Å². The van der Waals surface area contributed by atoms with Crippen molar-refractivity contribution in [2.45, 2.75) is 42.9 Å². The Morgan fingerprint density at radius 1 is 1.00 bits per heavy atom. The predicted molar refractivity (Wildman–Crippen MR) is 111 cm³/mol. The van der Waals surface area contributed by atoms with Crippen LogP contribution in [-0.4, -0.2) is 56.0 Å². The van der Waals surface area contributed by atoms with Crippen molar-refractivity contribution in [2.75, 3.05) is 24.5 Å². The standard InChI is InChI=1S/C21H22F6N2O4S/c1-14-13-28(17-8-3-4-9-18(17)33-21(25,26)27)10-11-29(14)34(31,32)16-7-5-6-15(12-16)19(2,30)20(22,23)24/h3-9,12,14,30H,10-11,13H2,1-2H3/t14-,19?/m1/s1. The summed E-state index contributed by atoms with van der Waals surface area (Å²) in [5, 5.41) is 9.91. The Hall–Kier alpha value is -2.51. The summed E-state index contributed by atoms with van der Waals surface area (Å²) in [6, 6.07) is 8.70. The molecule has 0 aliphatic carbocycles. The van der Waals surface area contributed by atoms with Gasteiger partial charge in [0, 0.05) is 25.7 Å². The zero-order valence-electron chi connectivity index (χ0n) is 18.1. The fourth-order valence-electron chi connectivity index (χ4n) is 3.70. The summed E-state index contributed by atoms with van der Waals surface area (Å²) in [6.07, 6.45) is -9.93. The number of rotatable bonds is 5. The van der Waals surface area contributed by atoms with E-state index in [4.69, 9.17) is 0 Å². The lowest BCUT2D eigenvalue weighted by Crippen LogP contribution is -2.54. The molecule has 2 aromatic rings. The van der Waals surface area contributed by atoms with Crippen molar-refractivity contribution in [1.82, 2.24) is 4.31 Å². The first-order valence-corrected chi connectivity index (χ1v) is 11.5. The van der Waals surface area contributed by atoms with Crippen molar-refractivity contribution in [2.24, 2.45) is 0 Å². The van der Waals surface area contributed by atoms with Crippen molar-refractivity contribution in [1.29, 1.82) is 0 Å². The monoisotopic (exact) mass is 512 g/mol. The zero-order chi connectivity index (χ0) is 25.5. The largest absolute Gasteiger partial charge is 0.573 e. The number of halogens is 6. The van der Waals surface area contributed by atoms with Gasteiger partial charge in [0.2, 0.25) is 10.0 Å². The van der Waals surface area contributed by atoms with Gasteiger partial charge in [-0.1, -0.05) is 24.3 Å². The van der Waals surface area contributed by atoms with Crippen LogP contribution in [0, 0.1) is 0 Å². The maximum atomic E-state index is 13.2. The van der Waals surface area contributed by atoms with E-state index in [9.17, 15) is 39.9 Å². The third-order valence-corrected chi connectivity index (χ3v) is 7.56. The smallest absolute Gasteiger partial charge is 0.404 e. The van der Waals surface area contributed by atoms with E-state index in [0.29, 0.717) is 6.92 Å². The highest BCUT2D eigenvalue weighted by Gasteiger charge is 2.51. The van der Waals surface area contributed by atoms with Gasteiger partial charge < -0.3 is 14.7 Å². The van der Waals surface area contributed by atoms with Crippen LogP contribution in [0.15, 0.2) is 53.4 Å². The Labute approximate surface area is 192 Å². The molecule has 3 rings (SSSR count). The molecule has 0 spiro atoms. The first-order chi connectivity index (χ1) is 15.5. The molecule has 1 fully saturated rings. The number of benzene rings is 2. The van der Waals surface area contributed by atoms with Crippen molar-refractivity contribution in [3.8, 4) is 5.75 Å². The van der Waals surface area contributed by atoms with Crippen LogP contribution in [0.1, 0.15) is 19.4 Å². The fourth-order valence-corrected chi connectivity index (χ4v) is 5.36. The second-order valence-electron chi connectivity index (χ2n) is 8.02. The van der Waals surface area contributed by atoms with Gasteiger partial charge in [-0.05, 0) is 43.7 Å². The molecule has 1 aliphatic rings. The molecule has 0 radical (unpaired) electrons. The van der Waals surface area contributed by atoms with E-state index in [0.717, 1.165) is 34.6 Å². The Bertz CT molecular complexity index is 1130. The third-order valence-electron chi connectivity index (χ3n) is 5.55. The van der Waals surface area contributed by atoms with Crippen LogP contribution in [0.2, 0.25) is 0 Å². The Morgan fingerprint density at radius 2 is 1.65 bits per heavy atom. The first-order valence-electron chi connectivity index (χ1n) is 10.1. The fraction of sp³-hybridized carbons (Fsp3) is 0.429. The van der Waals surface area contributed by atoms with Gasteiger partial charge in [0.05, 0.1) is 10.6 Å². The Morgan fingerprint density at radius 3 is 2.24 bits per heavy atom. The van der Waals surface area contributed by atoms with Crippen LogP contribution in [0.4, 0.5) is 32.0 Å². The minimum Gasteiger partial charge on any atom is -0.404 e. The number of nitrogens with zero attached hydrogens (tertiary/aromatic N) is 2. The quantitative estimate of drug-likeness (QED) is 0.607. The van der Waals surface area contributed by atoms with Crippen LogP contribution in [0.3, 0.4) is 0 Å². The van der Waals surface area contributed by atoms with Crippen molar-refractivity contribution >= 4 is 15.7 Å². The lowest BCUT2D eigenvalue weighted by atomic mass is 9.96. The van der Waals surface area contributed by atoms with Gasteiger partial charge in [-0.15, -0.1) is 13.2 Å². The van der Waals surface area contributed by atoms with Gasteiger partial charge in [-0.2, -0.15) is 17.5 Å². The van der Waals surface area contributed by atoms with E-state index >= 15 is 0 Å². The molecule has 6 nitrogen and oxygen atoms in total. The van der Waals surface area contributed by atoms with Gasteiger partial charge in [0.25, 0.3) is 0 Å². The summed E-state index contributed by atoms with van der Waals surface area (Å²) in [6.45, 7) is 1.95. The molecule has 188 valence electrons. The molecule has 34 heavy (non-hydrogen) atoms. The molecule has 0 amide bonds. The molecule has 1 aliphatic heterocycles. The SMILES string of the molecule is C[C@@H]1CN(c2ccccc2OC(F)(F)F)CCN1S(=O)(=O)c1cccc(C(C)(O)C(F)(F)F)c1. The molecule has 2 aromatic carbocycles. The molecule has 2 atom stereocenters. The van der Waals surface area contributed by atoms with Gasteiger partial charge in [0.1, 0.15) is 0 Å². The predicted octanol–water partition coefficient (Wildman–Crippen LogP) is 4.25. The molecular weight excluding hydrogens is 490 g/mol. The molecule has 1 N–H and O–H groups in total. The normalized spacial score (nSPS) is 20.1. The number of piperazine rings is 1. The van der Waals surface area contributed by atoms with E-state index in [1.54, 1.807) is 4.90 Å². The van der Waals surface area contributed by atoms with E-state index in [1.807, 2.05) is 0 Å². The van der Waals surface area contributed by atoms with Gasteiger partial charge in [-0.3, -0.25) is 0 Å². The highest BCUT2D eigenvalue weighted by Crippen LogP contribution is 2.39. The summed E-state index contributed by atoms with van der Waals surface area (Å²) in [7, 11) is -4.27. The second kappa shape index (κ2) is 8.93. The number of alkyl halides is 6. The van der Waals surface area contributed by atoms with E-state index in [-0.39, 0.29) is 25.3 Å². The van der Waals surface area contributed by atoms with E-state index < -0.39 is 50.4 Å². The number of sulfonamides is 1. The highest BCUT2D eigenvalue weighted by molar-refractivity contribution is 7.89. The maximum absolute atomic E-state index is 13.2. The average molecular weight is 512 g/mol. The van der Waals surface area contributed by atoms with Crippen LogP contribution >= 0.6 is 0 Å². The summed E-state index contributed by atoms with van der Waals surface area (Å²) >= 11 is 0. The number of aliphatic hydroxyl groups is 1. The van der Waals surface area contributed by atoms with Crippen LogP contribution in [0.25, 0.3) is 0 Å².